The third-order valence-electron chi connectivity index (χ3n) is 5.32. The van der Waals surface area contributed by atoms with Crippen molar-refractivity contribution in [3.8, 4) is 6.07 Å². The van der Waals surface area contributed by atoms with E-state index in [-0.39, 0.29) is 0 Å². The van der Waals surface area contributed by atoms with Crippen molar-refractivity contribution in [1.29, 1.82) is 5.26 Å². The fraction of sp³-hybridized carbons (Fsp3) is 0.364. The Hall–Kier alpha value is -2.94. The topological polar surface area (TPSA) is 93.5 Å². The highest BCUT2D eigenvalue weighted by atomic mass is 32.2. The molecule has 1 aliphatic heterocycles. The van der Waals surface area contributed by atoms with Gasteiger partial charge < -0.3 is 4.90 Å². The summed E-state index contributed by atoms with van der Waals surface area (Å²) in [6.45, 7) is 2.32. The van der Waals surface area contributed by atoms with Gasteiger partial charge in [-0.15, -0.1) is 0 Å². The number of carbonyl (C=O) groups excluding carboxylic acids is 1. The molecular weight excluding hydrogens is 457 g/mol. The van der Waals surface area contributed by atoms with Crippen LogP contribution >= 0.6 is 0 Å². The van der Waals surface area contributed by atoms with Gasteiger partial charge in [-0.3, -0.25) is 9.69 Å². The van der Waals surface area contributed by atoms with E-state index in [1.54, 1.807) is 17.0 Å². The number of hydrogen-bond acceptors (Lipinski definition) is 5. The van der Waals surface area contributed by atoms with Crippen LogP contribution in [0.1, 0.15) is 23.1 Å². The summed E-state index contributed by atoms with van der Waals surface area (Å²) in [4.78, 5) is 15.7. The SMILES string of the molecule is N#Cc1ccc(CN2CCCN(C(=O)CNS(=O)(=O)c3cccc(C(F)(F)F)c3)CC2)cc1. The van der Waals surface area contributed by atoms with E-state index in [1.807, 2.05) is 12.1 Å². The molecule has 1 fully saturated rings. The van der Waals surface area contributed by atoms with Crippen molar-refractivity contribution in [2.24, 2.45) is 0 Å². The molecule has 1 saturated heterocycles. The molecule has 1 aliphatic rings. The molecule has 176 valence electrons. The summed E-state index contributed by atoms with van der Waals surface area (Å²) in [5, 5.41) is 8.89. The zero-order chi connectivity index (χ0) is 24.1. The molecule has 0 spiro atoms. The molecule has 1 heterocycles. The number of rotatable bonds is 6. The summed E-state index contributed by atoms with van der Waals surface area (Å²) >= 11 is 0. The van der Waals surface area contributed by atoms with Crippen LogP contribution in [0, 0.1) is 11.3 Å². The highest BCUT2D eigenvalue weighted by Gasteiger charge is 2.32. The van der Waals surface area contributed by atoms with E-state index in [4.69, 9.17) is 5.26 Å². The summed E-state index contributed by atoms with van der Waals surface area (Å²) < 4.78 is 65.5. The van der Waals surface area contributed by atoms with Gasteiger partial charge in [0.05, 0.1) is 28.6 Å². The van der Waals surface area contributed by atoms with Crippen LogP contribution in [0.15, 0.2) is 53.4 Å². The van der Waals surface area contributed by atoms with Crippen molar-refractivity contribution in [2.75, 3.05) is 32.7 Å². The first-order valence-corrected chi connectivity index (χ1v) is 11.7. The summed E-state index contributed by atoms with van der Waals surface area (Å²) in [7, 11) is -4.27. The molecule has 1 amide bonds. The van der Waals surface area contributed by atoms with Crippen LogP contribution in [0.4, 0.5) is 13.2 Å². The number of nitrogens with zero attached hydrogens (tertiary/aromatic N) is 3. The van der Waals surface area contributed by atoms with E-state index in [0.717, 1.165) is 30.3 Å². The maximum Gasteiger partial charge on any atom is 0.416 e. The van der Waals surface area contributed by atoms with Crippen LogP contribution in [0.25, 0.3) is 0 Å². The number of alkyl halides is 3. The van der Waals surface area contributed by atoms with Crippen LogP contribution in [0.3, 0.4) is 0 Å². The maximum absolute atomic E-state index is 12.9. The molecule has 0 bridgehead atoms. The van der Waals surface area contributed by atoms with Gasteiger partial charge in [0.1, 0.15) is 0 Å². The molecule has 3 rings (SSSR count). The van der Waals surface area contributed by atoms with E-state index in [9.17, 15) is 26.4 Å². The van der Waals surface area contributed by atoms with E-state index < -0.39 is 39.1 Å². The Balaban J connectivity index is 1.54. The fourth-order valence-electron chi connectivity index (χ4n) is 3.51. The molecule has 33 heavy (non-hydrogen) atoms. The number of hydrogen-bond donors (Lipinski definition) is 1. The minimum absolute atomic E-state index is 0.403. The molecule has 2 aromatic carbocycles. The first-order valence-electron chi connectivity index (χ1n) is 10.2. The lowest BCUT2D eigenvalue weighted by atomic mass is 10.1. The Morgan fingerprint density at radius 2 is 1.79 bits per heavy atom. The highest BCUT2D eigenvalue weighted by molar-refractivity contribution is 7.89. The zero-order valence-corrected chi connectivity index (χ0v) is 18.5. The Morgan fingerprint density at radius 1 is 1.06 bits per heavy atom. The van der Waals surface area contributed by atoms with Gasteiger partial charge in [0, 0.05) is 32.7 Å². The van der Waals surface area contributed by atoms with Gasteiger partial charge in [-0.2, -0.15) is 18.4 Å². The number of carbonyl (C=O) groups is 1. The van der Waals surface area contributed by atoms with E-state index in [2.05, 4.69) is 15.7 Å². The number of nitrogens with one attached hydrogen (secondary N) is 1. The molecule has 0 aromatic heterocycles. The van der Waals surface area contributed by atoms with Crippen molar-refractivity contribution in [1.82, 2.24) is 14.5 Å². The van der Waals surface area contributed by atoms with Gasteiger partial charge in [0.2, 0.25) is 15.9 Å². The molecule has 1 N–H and O–H groups in total. The second-order valence-corrected chi connectivity index (χ2v) is 9.44. The average molecular weight is 481 g/mol. The van der Waals surface area contributed by atoms with Gasteiger partial charge >= 0.3 is 6.18 Å². The Morgan fingerprint density at radius 3 is 2.45 bits per heavy atom. The van der Waals surface area contributed by atoms with Gasteiger partial charge in [-0.1, -0.05) is 18.2 Å². The first-order chi connectivity index (χ1) is 15.6. The summed E-state index contributed by atoms with van der Waals surface area (Å²) in [5.74, 6) is -0.439. The minimum Gasteiger partial charge on any atom is -0.340 e. The summed E-state index contributed by atoms with van der Waals surface area (Å²) in [6, 6.07) is 12.7. The van der Waals surface area contributed by atoms with E-state index >= 15 is 0 Å². The quantitative estimate of drug-likeness (QED) is 0.686. The number of sulfonamides is 1. The molecule has 7 nitrogen and oxygen atoms in total. The number of halogens is 3. The van der Waals surface area contributed by atoms with Gasteiger partial charge in [0.25, 0.3) is 0 Å². The number of benzene rings is 2. The zero-order valence-electron chi connectivity index (χ0n) is 17.7. The van der Waals surface area contributed by atoms with E-state index in [1.165, 1.54) is 0 Å². The normalized spacial score (nSPS) is 15.6. The second kappa shape index (κ2) is 10.3. The van der Waals surface area contributed by atoms with Crippen LogP contribution in [0.2, 0.25) is 0 Å². The standard InChI is InChI=1S/C22H23F3N4O3S/c23-22(24,25)19-3-1-4-20(13-19)33(31,32)27-15-21(30)29-10-2-9-28(11-12-29)16-18-7-5-17(14-26)6-8-18/h1,3-8,13,27H,2,9-12,15-16H2. The lowest BCUT2D eigenvalue weighted by Crippen LogP contribution is -2.41. The van der Waals surface area contributed by atoms with Gasteiger partial charge in [0.15, 0.2) is 0 Å². The maximum atomic E-state index is 12.9. The van der Waals surface area contributed by atoms with Crippen molar-refractivity contribution in [3.63, 3.8) is 0 Å². The molecule has 0 aliphatic carbocycles. The van der Waals surface area contributed by atoms with Crippen LogP contribution in [-0.2, 0) is 27.5 Å². The third-order valence-corrected chi connectivity index (χ3v) is 6.71. The van der Waals surface area contributed by atoms with Gasteiger partial charge in [-0.25, -0.2) is 13.1 Å². The number of amides is 1. The van der Waals surface area contributed by atoms with Crippen molar-refractivity contribution < 1.29 is 26.4 Å². The summed E-state index contributed by atoms with van der Waals surface area (Å²) in [5.41, 5.74) is 0.549. The minimum atomic E-state index is -4.67. The van der Waals surface area contributed by atoms with Crippen molar-refractivity contribution >= 4 is 15.9 Å². The third kappa shape index (κ3) is 6.77. The molecule has 2 aromatic rings. The predicted octanol–water partition coefficient (Wildman–Crippen LogP) is 2.59. The molecule has 0 unspecified atom stereocenters. The molecule has 0 radical (unpaired) electrons. The Bertz CT molecular complexity index is 1130. The van der Waals surface area contributed by atoms with Crippen molar-refractivity contribution in [2.45, 2.75) is 24.0 Å². The predicted molar refractivity (Wildman–Crippen MR) is 114 cm³/mol. The Labute approximate surface area is 190 Å². The number of nitriles is 1. The van der Waals surface area contributed by atoms with Crippen molar-refractivity contribution in [3.05, 3.63) is 65.2 Å². The second-order valence-electron chi connectivity index (χ2n) is 7.67. The average Bonchev–Trinajstić information content (AvgIpc) is 3.03. The fourth-order valence-corrected chi connectivity index (χ4v) is 4.53. The lowest BCUT2D eigenvalue weighted by molar-refractivity contribution is -0.137. The van der Waals surface area contributed by atoms with Crippen LogP contribution < -0.4 is 4.72 Å². The smallest absolute Gasteiger partial charge is 0.340 e. The first kappa shape index (κ1) is 24.7. The largest absolute Gasteiger partial charge is 0.416 e. The van der Waals surface area contributed by atoms with E-state index in [0.29, 0.717) is 44.2 Å². The van der Waals surface area contributed by atoms with Crippen LogP contribution in [-0.4, -0.2) is 56.8 Å². The monoisotopic (exact) mass is 480 g/mol. The molecule has 0 atom stereocenters. The molecular formula is C22H23F3N4O3S. The molecule has 11 heteroatoms. The lowest BCUT2D eigenvalue weighted by Gasteiger charge is -2.22. The summed E-state index contributed by atoms with van der Waals surface area (Å²) in [6.07, 6.45) is -3.97. The van der Waals surface area contributed by atoms with Gasteiger partial charge in [-0.05, 0) is 42.3 Å². The highest BCUT2D eigenvalue weighted by Crippen LogP contribution is 2.30. The molecule has 0 saturated carbocycles. The Kier molecular flexibility index (Phi) is 7.73. The van der Waals surface area contributed by atoms with Crippen LogP contribution in [0.5, 0.6) is 0 Å².